The molecule has 396 valence electrons. The first-order chi connectivity index (χ1) is 34.0. The minimum atomic E-state index is -0.795. The minimum Gasteiger partial charge on any atom is -0.462 e. The highest BCUT2D eigenvalue weighted by molar-refractivity contribution is 5.71. The summed E-state index contributed by atoms with van der Waals surface area (Å²) in [6, 6.07) is 0. The normalized spacial score (nSPS) is 12.7. The molecule has 69 heavy (non-hydrogen) atoms. The van der Waals surface area contributed by atoms with Crippen molar-refractivity contribution in [3.05, 3.63) is 85.1 Å². The lowest BCUT2D eigenvalue weighted by molar-refractivity contribution is -0.167. The number of ether oxygens (including phenoxy) is 3. The van der Waals surface area contributed by atoms with Gasteiger partial charge in [-0.3, -0.25) is 14.4 Å². The number of rotatable bonds is 52. The van der Waals surface area contributed by atoms with Gasteiger partial charge in [0, 0.05) is 19.3 Å². The summed E-state index contributed by atoms with van der Waals surface area (Å²) in [5, 5.41) is 0. The van der Waals surface area contributed by atoms with Crippen molar-refractivity contribution in [3.63, 3.8) is 0 Å². The molecule has 0 aliphatic heterocycles. The summed E-state index contributed by atoms with van der Waals surface area (Å²) in [7, 11) is 0. The van der Waals surface area contributed by atoms with E-state index in [0.717, 1.165) is 103 Å². The number of unbranched alkanes of at least 4 members (excludes halogenated alkanes) is 27. The molecule has 0 aromatic rings. The molecule has 1 atom stereocenters. The molecule has 6 heteroatoms. The lowest BCUT2D eigenvalue weighted by Gasteiger charge is -2.18. The lowest BCUT2D eigenvalue weighted by Crippen LogP contribution is -2.30. The van der Waals surface area contributed by atoms with Crippen LogP contribution in [-0.2, 0) is 28.6 Å². The molecule has 0 unspecified atom stereocenters. The van der Waals surface area contributed by atoms with Crippen LogP contribution in [0.2, 0.25) is 0 Å². The maximum absolute atomic E-state index is 12.9. The summed E-state index contributed by atoms with van der Waals surface area (Å²) in [6.07, 6.45) is 74.3. The van der Waals surface area contributed by atoms with Gasteiger partial charge >= 0.3 is 17.9 Å². The molecule has 0 spiro atoms. The fourth-order valence-corrected chi connectivity index (χ4v) is 7.99. The van der Waals surface area contributed by atoms with Crippen LogP contribution in [0.4, 0.5) is 0 Å². The van der Waals surface area contributed by atoms with Crippen molar-refractivity contribution >= 4 is 17.9 Å². The van der Waals surface area contributed by atoms with Crippen LogP contribution in [0.25, 0.3) is 0 Å². The van der Waals surface area contributed by atoms with Crippen molar-refractivity contribution in [2.24, 2.45) is 0 Å². The molecule has 0 rings (SSSR count). The van der Waals surface area contributed by atoms with Gasteiger partial charge in [-0.1, -0.05) is 228 Å². The molecule has 0 saturated heterocycles. The smallest absolute Gasteiger partial charge is 0.306 e. The van der Waals surface area contributed by atoms with E-state index in [-0.39, 0.29) is 31.1 Å². The summed E-state index contributed by atoms with van der Waals surface area (Å²) < 4.78 is 16.8. The number of carbonyl (C=O) groups excluding carboxylic acids is 3. The maximum Gasteiger partial charge on any atom is 0.306 e. The molecule has 0 radical (unpaired) electrons. The molecule has 0 aliphatic carbocycles. The highest BCUT2D eigenvalue weighted by Crippen LogP contribution is 2.15. The molecule has 0 saturated carbocycles. The highest BCUT2D eigenvalue weighted by atomic mass is 16.6. The van der Waals surface area contributed by atoms with E-state index in [4.69, 9.17) is 14.2 Å². The standard InChI is InChI=1S/C63H108O6/c1-4-7-10-13-16-19-22-25-27-29-31-33-35-38-41-44-47-50-53-56-62(65)68-59-60(58-67-61(64)55-52-49-46-43-40-37-24-21-18-15-12-9-6-3)69-63(66)57-54-51-48-45-42-39-36-34-32-30-28-26-23-20-17-14-11-8-5-2/h7,10,16,19,21,24-28,31,33,38,41,60H,4-6,8-9,11-15,17-18,20,22-23,29-30,32,34-37,39-40,42-59H2,1-3H3/b10-7+,19-16+,24-21+,27-25+,28-26+,33-31+,41-38+/t60-/m1/s1. The highest BCUT2D eigenvalue weighted by Gasteiger charge is 2.19. The van der Waals surface area contributed by atoms with Crippen LogP contribution in [0.15, 0.2) is 85.1 Å². The van der Waals surface area contributed by atoms with Gasteiger partial charge in [-0.15, -0.1) is 0 Å². The summed E-state index contributed by atoms with van der Waals surface area (Å²) in [6.45, 7) is 6.48. The molecular formula is C63H108O6. The summed E-state index contributed by atoms with van der Waals surface area (Å²) >= 11 is 0. The fraction of sp³-hybridized carbons (Fsp3) is 0.730. The third-order valence-corrected chi connectivity index (χ3v) is 12.4. The molecule has 0 heterocycles. The van der Waals surface area contributed by atoms with E-state index in [1.54, 1.807) is 0 Å². The Morgan fingerprint density at radius 2 is 0.565 bits per heavy atom. The van der Waals surface area contributed by atoms with Crippen LogP contribution in [0.5, 0.6) is 0 Å². The van der Waals surface area contributed by atoms with E-state index in [2.05, 4.69) is 106 Å². The Bertz CT molecular complexity index is 1330. The summed E-state index contributed by atoms with van der Waals surface area (Å²) in [5.74, 6) is -0.929. The zero-order valence-electron chi connectivity index (χ0n) is 45.3. The number of allylic oxidation sites excluding steroid dienone is 14. The first kappa shape index (κ1) is 65.6. The molecule has 0 fully saturated rings. The van der Waals surface area contributed by atoms with Gasteiger partial charge in [-0.2, -0.15) is 0 Å². The monoisotopic (exact) mass is 961 g/mol. The Labute approximate surface area is 426 Å². The third kappa shape index (κ3) is 55.4. The third-order valence-electron chi connectivity index (χ3n) is 12.4. The zero-order valence-corrected chi connectivity index (χ0v) is 45.3. The van der Waals surface area contributed by atoms with Gasteiger partial charge in [0.1, 0.15) is 13.2 Å². The average Bonchev–Trinajstić information content (AvgIpc) is 3.35. The molecule has 0 amide bonds. The van der Waals surface area contributed by atoms with E-state index in [1.165, 1.54) is 135 Å². The van der Waals surface area contributed by atoms with Gasteiger partial charge < -0.3 is 14.2 Å². The second kappa shape index (κ2) is 57.2. The maximum atomic E-state index is 12.9. The van der Waals surface area contributed by atoms with Gasteiger partial charge in [0.25, 0.3) is 0 Å². The van der Waals surface area contributed by atoms with Crippen molar-refractivity contribution in [2.45, 2.75) is 284 Å². The van der Waals surface area contributed by atoms with Crippen LogP contribution < -0.4 is 0 Å². The van der Waals surface area contributed by atoms with Crippen LogP contribution >= 0.6 is 0 Å². The summed E-state index contributed by atoms with van der Waals surface area (Å²) in [4.78, 5) is 38.2. The van der Waals surface area contributed by atoms with E-state index in [9.17, 15) is 14.4 Å². The predicted molar refractivity (Wildman–Crippen MR) is 297 cm³/mol. The van der Waals surface area contributed by atoms with Gasteiger partial charge in [0.15, 0.2) is 6.10 Å². The largest absolute Gasteiger partial charge is 0.462 e. The Balaban J connectivity index is 4.43. The molecule has 0 bridgehead atoms. The molecule has 0 aliphatic rings. The summed E-state index contributed by atoms with van der Waals surface area (Å²) in [5.41, 5.74) is 0. The number of hydrogen-bond acceptors (Lipinski definition) is 6. The van der Waals surface area contributed by atoms with E-state index in [0.29, 0.717) is 19.3 Å². The van der Waals surface area contributed by atoms with Crippen molar-refractivity contribution in [2.75, 3.05) is 13.2 Å². The number of carbonyl (C=O) groups is 3. The Kier molecular flexibility index (Phi) is 54.3. The van der Waals surface area contributed by atoms with Crippen molar-refractivity contribution < 1.29 is 28.6 Å². The second-order valence-corrected chi connectivity index (χ2v) is 19.2. The average molecular weight is 962 g/mol. The van der Waals surface area contributed by atoms with E-state index in [1.807, 2.05) is 0 Å². The van der Waals surface area contributed by atoms with Gasteiger partial charge in [0.2, 0.25) is 0 Å². The predicted octanol–water partition coefficient (Wildman–Crippen LogP) is 19.5. The first-order valence-corrected chi connectivity index (χ1v) is 29.1. The fourth-order valence-electron chi connectivity index (χ4n) is 7.99. The van der Waals surface area contributed by atoms with Gasteiger partial charge in [-0.05, 0) is 116 Å². The van der Waals surface area contributed by atoms with Gasteiger partial charge in [0.05, 0.1) is 0 Å². The second-order valence-electron chi connectivity index (χ2n) is 19.2. The van der Waals surface area contributed by atoms with E-state index >= 15 is 0 Å². The first-order valence-electron chi connectivity index (χ1n) is 29.1. The Hall–Kier alpha value is -3.41. The number of hydrogen-bond donors (Lipinski definition) is 0. The SMILES string of the molecule is CC/C=C/C/C=C/C/C=C/C/C=C/C/C=C/CCCCCC(=O)OC[C@@H](COC(=O)CCCCCCC/C=C/CCCCCC)OC(=O)CCCCCCCCCCC/C=C/CCCCCCCC. The Morgan fingerprint density at radius 1 is 0.304 bits per heavy atom. The minimum absolute atomic E-state index is 0.0919. The van der Waals surface area contributed by atoms with Gasteiger partial charge in [-0.25, -0.2) is 0 Å². The van der Waals surface area contributed by atoms with Crippen LogP contribution in [0, 0.1) is 0 Å². The zero-order chi connectivity index (χ0) is 50.0. The molecule has 0 aromatic carbocycles. The van der Waals surface area contributed by atoms with Crippen LogP contribution in [-0.4, -0.2) is 37.2 Å². The molecule has 0 aromatic heterocycles. The number of esters is 3. The quantitative estimate of drug-likeness (QED) is 0.0262. The van der Waals surface area contributed by atoms with Crippen LogP contribution in [0.3, 0.4) is 0 Å². The Morgan fingerprint density at radius 3 is 0.928 bits per heavy atom. The molecule has 6 nitrogen and oxygen atoms in total. The van der Waals surface area contributed by atoms with E-state index < -0.39 is 6.10 Å². The molecule has 0 N–H and O–H groups in total. The molecular weight excluding hydrogens is 853 g/mol. The topological polar surface area (TPSA) is 78.9 Å². The van der Waals surface area contributed by atoms with Crippen molar-refractivity contribution in [3.8, 4) is 0 Å². The van der Waals surface area contributed by atoms with Crippen LogP contribution in [0.1, 0.15) is 278 Å². The van der Waals surface area contributed by atoms with Crippen molar-refractivity contribution in [1.82, 2.24) is 0 Å². The van der Waals surface area contributed by atoms with Crippen molar-refractivity contribution in [1.29, 1.82) is 0 Å². The lowest BCUT2D eigenvalue weighted by atomic mass is 10.1.